The van der Waals surface area contributed by atoms with Gasteiger partial charge in [-0.05, 0) is 49.2 Å². The van der Waals surface area contributed by atoms with Crippen LogP contribution in [-0.2, 0) is 0 Å². The Bertz CT molecular complexity index is 1200. The number of ether oxygens (including phenoxy) is 1. The number of hydrogen-bond donors (Lipinski definition) is 1. The third kappa shape index (κ3) is 4.05. The molecule has 4 rings (SSSR count). The minimum atomic E-state index is -2.94. The van der Waals surface area contributed by atoms with Crippen LogP contribution in [0, 0.1) is 12.7 Å². The molecule has 0 aliphatic carbocycles. The molecule has 30 heavy (non-hydrogen) atoms. The van der Waals surface area contributed by atoms with Gasteiger partial charge in [0.15, 0.2) is 5.13 Å². The number of thiazole rings is 1. The molecule has 0 unspecified atom stereocenters. The molecule has 0 aliphatic heterocycles. The van der Waals surface area contributed by atoms with E-state index in [1.807, 2.05) is 23.6 Å². The molecule has 0 bridgehead atoms. The summed E-state index contributed by atoms with van der Waals surface area (Å²) in [6, 6.07) is 7.60. The van der Waals surface area contributed by atoms with Crippen LogP contribution in [0.25, 0.3) is 22.2 Å². The average molecular weight is 448 g/mol. The Labute approximate surface area is 178 Å². The zero-order valence-corrected chi connectivity index (χ0v) is 17.5. The summed E-state index contributed by atoms with van der Waals surface area (Å²) in [4.78, 5) is 14.0. The van der Waals surface area contributed by atoms with Crippen molar-refractivity contribution in [2.45, 2.75) is 18.2 Å². The lowest BCUT2D eigenvalue weighted by Crippen LogP contribution is -2.00. The van der Waals surface area contributed by atoms with Crippen LogP contribution in [0.3, 0.4) is 0 Å². The van der Waals surface area contributed by atoms with E-state index >= 15 is 0 Å². The molecule has 0 saturated carbocycles. The van der Waals surface area contributed by atoms with E-state index in [9.17, 15) is 13.2 Å². The number of benzene rings is 2. The fourth-order valence-electron chi connectivity index (χ4n) is 2.96. The Balaban J connectivity index is 1.79. The Morgan fingerprint density at radius 2 is 2.00 bits per heavy atom. The number of nitrogens with zero attached hydrogens (tertiary/aromatic N) is 3. The van der Waals surface area contributed by atoms with Gasteiger partial charge in [-0.15, -0.1) is 11.3 Å². The minimum Gasteiger partial charge on any atom is -0.496 e. The first kappa shape index (κ1) is 20.4. The lowest BCUT2D eigenvalue weighted by Gasteiger charge is -2.14. The highest BCUT2D eigenvalue weighted by Gasteiger charge is 2.21. The maximum absolute atomic E-state index is 14.3. The highest BCUT2D eigenvalue weighted by Crippen LogP contribution is 2.38. The van der Waals surface area contributed by atoms with Gasteiger partial charge in [0.2, 0.25) is 0 Å². The van der Waals surface area contributed by atoms with E-state index < -0.39 is 17.8 Å². The highest BCUT2D eigenvalue weighted by atomic mass is 32.2. The fourth-order valence-corrected chi connectivity index (χ4v) is 4.22. The Hall–Kier alpha value is -2.85. The Morgan fingerprint density at radius 3 is 2.70 bits per heavy atom. The smallest absolute Gasteiger partial charge is 0.266 e. The summed E-state index contributed by atoms with van der Waals surface area (Å²) in [6.45, 7) is 1.72. The molecule has 0 aliphatic rings. The summed E-state index contributed by atoms with van der Waals surface area (Å²) >= 11 is 2.87. The van der Waals surface area contributed by atoms with Gasteiger partial charge < -0.3 is 9.46 Å². The standard InChI is InChI=1S/C20H15F3N4OS2/c1-10-25-16-7-11(30-27-20-24-5-6-29-20)3-4-12(16)18(26-10)14-8-15(21)13(19(22)23)9-17(14)28-2/h3-9,19H,1-2H3,(H,24,27). The van der Waals surface area contributed by atoms with Crippen molar-refractivity contribution in [3.63, 3.8) is 0 Å². The highest BCUT2D eigenvalue weighted by molar-refractivity contribution is 8.00. The van der Waals surface area contributed by atoms with Crippen LogP contribution in [0.4, 0.5) is 18.3 Å². The number of aryl methyl sites for hydroxylation is 1. The van der Waals surface area contributed by atoms with Crippen molar-refractivity contribution in [2.24, 2.45) is 0 Å². The number of fused-ring (bicyclic) bond motifs is 1. The second-order valence-electron chi connectivity index (χ2n) is 6.21. The first-order valence-corrected chi connectivity index (χ1v) is 10.4. The van der Waals surface area contributed by atoms with Crippen LogP contribution in [-0.4, -0.2) is 22.1 Å². The molecule has 4 aromatic rings. The molecule has 0 radical (unpaired) electrons. The van der Waals surface area contributed by atoms with Crippen molar-refractivity contribution in [2.75, 3.05) is 11.8 Å². The SMILES string of the molecule is COc1cc(C(F)F)c(F)cc1-c1nc(C)nc2cc(SNc3nccs3)ccc12. The number of rotatable bonds is 6. The molecule has 2 heterocycles. The van der Waals surface area contributed by atoms with Crippen molar-refractivity contribution in [3.05, 3.63) is 59.1 Å². The molecular formula is C20H15F3N4OS2. The summed E-state index contributed by atoms with van der Waals surface area (Å²) in [5, 5.41) is 3.30. The molecule has 0 atom stereocenters. The summed E-state index contributed by atoms with van der Waals surface area (Å²) in [7, 11) is 1.35. The number of nitrogens with one attached hydrogen (secondary N) is 1. The molecule has 0 fully saturated rings. The molecule has 154 valence electrons. The van der Waals surface area contributed by atoms with Crippen LogP contribution < -0.4 is 9.46 Å². The number of hydrogen-bond acceptors (Lipinski definition) is 7. The van der Waals surface area contributed by atoms with E-state index in [2.05, 4.69) is 19.7 Å². The largest absolute Gasteiger partial charge is 0.496 e. The first-order chi connectivity index (χ1) is 14.5. The first-order valence-electron chi connectivity index (χ1n) is 8.73. The number of anilines is 1. The van der Waals surface area contributed by atoms with Crippen molar-refractivity contribution >= 4 is 39.3 Å². The van der Waals surface area contributed by atoms with Crippen LogP contribution >= 0.6 is 23.3 Å². The van der Waals surface area contributed by atoms with Crippen molar-refractivity contribution < 1.29 is 17.9 Å². The Morgan fingerprint density at radius 1 is 1.17 bits per heavy atom. The van der Waals surface area contributed by atoms with Gasteiger partial charge in [-0.25, -0.2) is 28.1 Å². The van der Waals surface area contributed by atoms with Crippen LogP contribution in [0.2, 0.25) is 0 Å². The second-order valence-corrected chi connectivity index (χ2v) is 7.99. The van der Waals surface area contributed by atoms with Gasteiger partial charge in [-0.1, -0.05) is 0 Å². The number of halogens is 3. The van der Waals surface area contributed by atoms with Gasteiger partial charge in [0.25, 0.3) is 6.43 Å². The predicted octanol–water partition coefficient (Wildman–Crippen LogP) is 6.27. The van der Waals surface area contributed by atoms with Crippen LogP contribution in [0.1, 0.15) is 17.8 Å². The van der Waals surface area contributed by atoms with E-state index in [1.54, 1.807) is 13.1 Å². The summed E-state index contributed by atoms with van der Waals surface area (Å²) in [6.07, 6.45) is -1.23. The second kappa shape index (κ2) is 8.49. The molecule has 1 N–H and O–H groups in total. The van der Waals surface area contributed by atoms with Gasteiger partial charge in [0.05, 0.1) is 23.9 Å². The van der Waals surface area contributed by atoms with Crippen LogP contribution in [0.15, 0.2) is 46.8 Å². The van der Waals surface area contributed by atoms with Crippen LogP contribution in [0.5, 0.6) is 5.75 Å². The Kier molecular flexibility index (Phi) is 5.78. The predicted molar refractivity (Wildman–Crippen MR) is 113 cm³/mol. The summed E-state index contributed by atoms with van der Waals surface area (Å²) < 4.78 is 48.9. The van der Waals surface area contributed by atoms with E-state index in [-0.39, 0.29) is 11.3 Å². The molecule has 2 aromatic heterocycles. The molecule has 0 amide bonds. The van der Waals surface area contributed by atoms with Crippen molar-refractivity contribution in [1.29, 1.82) is 0 Å². The zero-order chi connectivity index (χ0) is 21.3. The monoisotopic (exact) mass is 448 g/mol. The normalized spacial score (nSPS) is 11.3. The molecular weight excluding hydrogens is 433 g/mol. The lowest BCUT2D eigenvalue weighted by atomic mass is 10.0. The van der Waals surface area contributed by atoms with Gasteiger partial charge in [-0.3, -0.25) is 0 Å². The topological polar surface area (TPSA) is 59.9 Å². The quantitative estimate of drug-likeness (QED) is 0.351. The molecule has 10 heteroatoms. The molecule has 5 nitrogen and oxygen atoms in total. The third-order valence-corrected chi connectivity index (χ3v) is 5.88. The lowest BCUT2D eigenvalue weighted by molar-refractivity contribution is 0.146. The third-order valence-electron chi connectivity index (χ3n) is 4.28. The molecule has 2 aromatic carbocycles. The molecule has 0 saturated heterocycles. The number of methoxy groups -OCH3 is 1. The van der Waals surface area contributed by atoms with E-state index in [0.29, 0.717) is 22.4 Å². The molecule has 0 spiro atoms. The summed E-state index contributed by atoms with van der Waals surface area (Å²) in [5.74, 6) is -0.423. The minimum absolute atomic E-state index is 0.120. The van der Waals surface area contributed by atoms with E-state index in [0.717, 1.165) is 22.2 Å². The van der Waals surface area contributed by atoms with Gasteiger partial charge in [0, 0.05) is 27.4 Å². The fraction of sp³-hybridized carbons (Fsp3) is 0.150. The van der Waals surface area contributed by atoms with E-state index in [4.69, 9.17) is 4.74 Å². The number of alkyl halides is 2. The number of aromatic nitrogens is 3. The van der Waals surface area contributed by atoms with Crippen molar-refractivity contribution in [3.8, 4) is 17.0 Å². The van der Waals surface area contributed by atoms with Gasteiger partial charge in [0.1, 0.15) is 17.4 Å². The maximum Gasteiger partial charge on any atom is 0.266 e. The van der Waals surface area contributed by atoms with Gasteiger partial charge in [-0.2, -0.15) is 0 Å². The van der Waals surface area contributed by atoms with E-state index in [1.165, 1.54) is 30.4 Å². The maximum atomic E-state index is 14.3. The van der Waals surface area contributed by atoms with Gasteiger partial charge >= 0.3 is 0 Å². The van der Waals surface area contributed by atoms with Crippen molar-refractivity contribution in [1.82, 2.24) is 15.0 Å². The summed E-state index contributed by atoms with van der Waals surface area (Å²) in [5.41, 5.74) is 0.635. The zero-order valence-electron chi connectivity index (χ0n) is 15.8. The average Bonchev–Trinajstić information content (AvgIpc) is 3.24.